The molecule has 2 fully saturated rings. The van der Waals surface area contributed by atoms with E-state index in [4.69, 9.17) is 0 Å². The quantitative estimate of drug-likeness (QED) is 0.787. The van der Waals surface area contributed by atoms with Gasteiger partial charge in [0.05, 0.1) is 0 Å². The van der Waals surface area contributed by atoms with E-state index in [0.717, 1.165) is 12.5 Å². The fraction of sp³-hybridized carbons (Fsp3) is 1.00. The van der Waals surface area contributed by atoms with Gasteiger partial charge in [-0.2, -0.15) is 0 Å². The molecule has 0 aromatic rings. The fourth-order valence-electron chi connectivity index (χ4n) is 3.52. The van der Waals surface area contributed by atoms with Gasteiger partial charge in [-0.25, -0.2) is 0 Å². The third-order valence-corrected chi connectivity index (χ3v) is 5.72. The molecule has 2 nitrogen and oxygen atoms in total. The molecule has 1 aliphatic carbocycles. The molecule has 17 heavy (non-hydrogen) atoms. The van der Waals surface area contributed by atoms with Crippen LogP contribution in [0.3, 0.4) is 0 Å². The molecule has 100 valence electrons. The minimum absolute atomic E-state index is 0.525. The highest BCUT2D eigenvalue weighted by Crippen LogP contribution is 2.67. The monoisotopic (exact) mass is 238 g/mol. The number of nitrogens with one attached hydrogen (secondary N) is 2. The van der Waals surface area contributed by atoms with Crippen LogP contribution >= 0.6 is 0 Å². The number of rotatable bonds is 4. The van der Waals surface area contributed by atoms with Crippen molar-refractivity contribution in [1.82, 2.24) is 10.6 Å². The van der Waals surface area contributed by atoms with Crippen molar-refractivity contribution < 1.29 is 0 Å². The first-order chi connectivity index (χ1) is 7.96. The number of hydrogen-bond donors (Lipinski definition) is 2. The van der Waals surface area contributed by atoms with Crippen LogP contribution in [0.5, 0.6) is 0 Å². The van der Waals surface area contributed by atoms with E-state index < -0.39 is 0 Å². The molecule has 0 radical (unpaired) electrons. The summed E-state index contributed by atoms with van der Waals surface area (Å²) in [6.07, 6.45) is 5.52. The summed E-state index contributed by atoms with van der Waals surface area (Å²) in [6.45, 7) is 13.2. The van der Waals surface area contributed by atoms with Gasteiger partial charge in [0.25, 0.3) is 0 Å². The van der Waals surface area contributed by atoms with Gasteiger partial charge in [-0.1, -0.05) is 40.5 Å². The largest absolute Gasteiger partial charge is 0.315 e. The maximum absolute atomic E-state index is 3.69. The van der Waals surface area contributed by atoms with Gasteiger partial charge in [0.1, 0.15) is 0 Å². The highest BCUT2D eigenvalue weighted by Gasteiger charge is 2.63. The molecular weight excluding hydrogens is 208 g/mol. The average molecular weight is 238 g/mol. The molecule has 2 N–H and O–H groups in total. The molecular formula is C15H30N2. The normalized spacial score (nSPS) is 32.1. The summed E-state index contributed by atoms with van der Waals surface area (Å²) in [6, 6.07) is 0.711. The van der Waals surface area contributed by atoms with Crippen molar-refractivity contribution in [3.8, 4) is 0 Å². The van der Waals surface area contributed by atoms with E-state index in [-0.39, 0.29) is 0 Å². The second kappa shape index (κ2) is 4.89. The first-order valence-corrected chi connectivity index (χ1v) is 7.40. The molecule has 0 amide bonds. The van der Waals surface area contributed by atoms with Gasteiger partial charge in [-0.15, -0.1) is 0 Å². The lowest BCUT2D eigenvalue weighted by Crippen LogP contribution is -2.39. The SMILES string of the molecule is CC1(C)C(CNCC2CCCCCN2)C1(C)C. The standard InChI is InChI=1S/C15H30N2/c1-14(2)13(15(14,3)4)11-16-10-12-8-6-5-7-9-17-12/h12-13,16-17H,5-11H2,1-4H3. The summed E-state index contributed by atoms with van der Waals surface area (Å²) >= 11 is 0. The highest BCUT2D eigenvalue weighted by molar-refractivity contribution is 5.12. The topological polar surface area (TPSA) is 24.1 Å². The molecule has 1 atom stereocenters. The summed E-state index contributed by atoms with van der Waals surface area (Å²) < 4.78 is 0. The number of hydrogen-bond acceptors (Lipinski definition) is 2. The Labute approximate surface area is 107 Å². The second-order valence-electron chi connectivity index (χ2n) is 7.15. The smallest absolute Gasteiger partial charge is 0.0192 e. The van der Waals surface area contributed by atoms with Gasteiger partial charge in [-0.05, 0) is 42.7 Å². The van der Waals surface area contributed by atoms with Crippen molar-refractivity contribution in [2.75, 3.05) is 19.6 Å². The molecule has 1 unspecified atom stereocenters. The summed E-state index contributed by atoms with van der Waals surface area (Å²) in [5.41, 5.74) is 1.05. The van der Waals surface area contributed by atoms with Gasteiger partial charge >= 0.3 is 0 Å². The highest BCUT2D eigenvalue weighted by atomic mass is 15.0. The third-order valence-electron chi connectivity index (χ3n) is 5.72. The van der Waals surface area contributed by atoms with Crippen molar-refractivity contribution in [3.63, 3.8) is 0 Å². The Bertz CT molecular complexity index is 236. The Kier molecular flexibility index (Phi) is 3.84. The van der Waals surface area contributed by atoms with Crippen molar-refractivity contribution in [2.45, 2.75) is 59.4 Å². The lowest BCUT2D eigenvalue weighted by molar-refractivity contribution is 0.447. The van der Waals surface area contributed by atoms with Gasteiger partial charge in [0.2, 0.25) is 0 Å². The van der Waals surface area contributed by atoms with Crippen LogP contribution in [0.25, 0.3) is 0 Å². The van der Waals surface area contributed by atoms with Crippen molar-refractivity contribution >= 4 is 0 Å². The fourth-order valence-corrected chi connectivity index (χ4v) is 3.52. The van der Waals surface area contributed by atoms with Crippen LogP contribution in [0.2, 0.25) is 0 Å². The van der Waals surface area contributed by atoms with Crippen molar-refractivity contribution in [1.29, 1.82) is 0 Å². The van der Waals surface area contributed by atoms with E-state index in [1.54, 1.807) is 0 Å². The molecule has 0 spiro atoms. The first kappa shape index (κ1) is 13.4. The predicted molar refractivity (Wildman–Crippen MR) is 74.2 cm³/mol. The zero-order valence-corrected chi connectivity index (χ0v) is 12.1. The molecule has 1 saturated carbocycles. The Hall–Kier alpha value is -0.0800. The molecule has 0 aromatic heterocycles. The molecule has 0 aromatic carbocycles. The zero-order valence-electron chi connectivity index (χ0n) is 12.1. The second-order valence-corrected chi connectivity index (χ2v) is 7.15. The Morgan fingerprint density at radius 1 is 1.00 bits per heavy atom. The van der Waals surface area contributed by atoms with Crippen LogP contribution in [-0.2, 0) is 0 Å². The average Bonchev–Trinajstić information content (AvgIpc) is 2.79. The molecule has 2 heteroatoms. The van der Waals surface area contributed by atoms with Crippen molar-refractivity contribution in [3.05, 3.63) is 0 Å². The lowest BCUT2D eigenvalue weighted by Gasteiger charge is -2.16. The summed E-state index contributed by atoms with van der Waals surface area (Å²) in [5, 5.41) is 7.35. The molecule has 1 heterocycles. The minimum Gasteiger partial charge on any atom is -0.315 e. The van der Waals surface area contributed by atoms with E-state index in [1.807, 2.05) is 0 Å². The first-order valence-electron chi connectivity index (χ1n) is 7.40. The zero-order chi connectivity index (χ0) is 12.5. The molecule has 2 aliphatic rings. The van der Waals surface area contributed by atoms with Gasteiger partial charge in [0.15, 0.2) is 0 Å². The van der Waals surface area contributed by atoms with E-state index in [9.17, 15) is 0 Å². The van der Waals surface area contributed by atoms with Crippen LogP contribution < -0.4 is 10.6 Å². The molecule has 1 aliphatic heterocycles. The Balaban J connectivity index is 1.67. The van der Waals surface area contributed by atoms with Gasteiger partial charge < -0.3 is 10.6 Å². The van der Waals surface area contributed by atoms with Crippen LogP contribution in [0.4, 0.5) is 0 Å². The molecule has 1 saturated heterocycles. The van der Waals surface area contributed by atoms with E-state index in [1.165, 1.54) is 38.8 Å². The maximum atomic E-state index is 3.69. The maximum Gasteiger partial charge on any atom is 0.0192 e. The van der Waals surface area contributed by atoms with E-state index in [0.29, 0.717) is 16.9 Å². The van der Waals surface area contributed by atoms with E-state index >= 15 is 0 Å². The summed E-state index contributed by atoms with van der Waals surface area (Å²) in [7, 11) is 0. The molecule has 2 rings (SSSR count). The van der Waals surface area contributed by atoms with Crippen LogP contribution in [-0.4, -0.2) is 25.7 Å². The Morgan fingerprint density at radius 2 is 1.71 bits per heavy atom. The minimum atomic E-state index is 0.525. The Morgan fingerprint density at radius 3 is 2.35 bits per heavy atom. The summed E-state index contributed by atoms with van der Waals surface area (Å²) in [4.78, 5) is 0. The van der Waals surface area contributed by atoms with Crippen LogP contribution in [0.1, 0.15) is 53.4 Å². The lowest BCUT2D eigenvalue weighted by atomic mass is 10.0. The van der Waals surface area contributed by atoms with Crippen molar-refractivity contribution in [2.24, 2.45) is 16.7 Å². The van der Waals surface area contributed by atoms with Gasteiger partial charge in [0, 0.05) is 12.6 Å². The predicted octanol–water partition coefficient (Wildman–Crippen LogP) is 2.79. The van der Waals surface area contributed by atoms with Gasteiger partial charge in [-0.3, -0.25) is 0 Å². The third kappa shape index (κ3) is 2.68. The summed E-state index contributed by atoms with van der Waals surface area (Å²) in [5.74, 6) is 0.848. The molecule has 0 bridgehead atoms. The van der Waals surface area contributed by atoms with Crippen LogP contribution in [0.15, 0.2) is 0 Å². The van der Waals surface area contributed by atoms with E-state index in [2.05, 4.69) is 38.3 Å². The van der Waals surface area contributed by atoms with Crippen LogP contribution in [0, 0.1) is 16.7 Å².